The SMILES string of the molecule is CC[C@H](C)NC(=O)[C@@H](C)N(Cc1ccc(Cl)cc1Cl)C(=O)CN(c1ccc2c(c1)OCO2)S(C)(=O)=O. The van der Waals surface area contributed by atoms with E-state index >= 15 is 0 Å². The number of ether oxygens (including phenoxy) is 2. The Balaban J connectivity index is 1.93. The van der Waals surface area contributed by atoms with Gasteiger partial charge in [-0.3, -0.25) is 13.9 Å². The number of halogens is 2. The zero-order valence-electron chi connectivity index (χ0n) is 20.5. The monoisotopic (exact) mass is 557 g/mol. The quantitative estimate of drug-likeness (QED) is 0.476. The maximum absolute atomic E-state index is 13.6. The molecule has 12 heteroatoms. The van der Waals surface area contributed by atoms with Crippen LogP contribution in [0.15, 0.2) is 36.4 Å². The molecular formula is C24H29Cl2N3O6S. The van der Waals surface area contributed by atoms with E-state index in [0.29, 0.717) is 33.5 Å². The number of nitrogens with one attached hydrogen (secondary N) is 1. The van der Waals surface area contributed by atoms with Gasteiger partial charge in [0.05, 0.1) is 11.9 Å². The third kappa shape index (κ3) is 6.74. The molecule has 0 saturated carbocycles. The van der Waals surface area contributed by atoms with Crippen molar-refractivity contribution in [2.45, 2.75) is 45.8 Å². The minimum Gasteiger partial charge on any atom is -0.454 e. The number of carbonyl (C=O) groups excluding carboxylic acids is 2. The normalized spacial score (nSPS) is 14.2. The summed E-state index contributed by atoms with van der Waals surface area (Å²) in [7, 11) is -3.87. The molecule has 36 heavy (non-hydrogen) atoms. The number of anilines is 1. The number of hydrogen-bond acceptors (Lipinski definition) is 6. The zero-order valence-corrected chi connectivity index (χ0v) is 22.8. The second-order valence-electron chi connectivity index (χ2n) is 8.56. The Morgan fingerprint density at radius 1 is 1.08 bits per heavy atom. The minimum atomic E-state index is -3.87. The molecule has 0 saturated heterocycles. The first-order valence-corrected chi connectivity index (χ1v) is 13.9. The molecule has 1 aliphatic rings. The number of sulfonamides is 1. The summed E-state index contributed by atoms with van der Waals surface area (Å²) in [5.74, 6) is -0.0970. The maximum atomic E-state index is 13.6. The highest BCUT2D eigenvalue weighted by molar-refractivity contribution is 7.92. The van der Waals surface area contributed by atoms with Gasteiger partial charge in [0.25, 0.3) is 0 Å². The van der Waals surface area contributed by atoms with Gasteiger partial charge in [0.2, 0.25) is 28.6 Å². The predicted octanol–water partition coefficient (Wildman–Crippen LogP) is 3.82. The standard InChI is InChI=1S/C24H29Cl2N3O6S/c1-5-15(2)27-24(31)16(3)28(12-17-6-7-18(25)10-20(17)26)23(30)13-29(36(4,32)33)19-8-9-21-22(11-19)35-14-34-21/h6-11,15-16H,5,12-14H2,1-4H3,(H,27,31)/t15-,16+/m0/s1. The van der Waals surface area contributed by atoms with Crippen LogP contribution in [0, 0.1) is 0 Å². The van der Waals surface area contributed by atoms with Crippen molar-refractivity contribution in [3.63, 3.8) is 0 Å². The number of carbonyl (C=O) groups is 2. The summed E-state index contributed by atoms with van der Waals surface area (Å²) in [6.45, 7) is 4.84. The molecule has 1 heterocycles. The van der Waals surface area contributed by atoms with E-state index in [1.165, 1.54) is 17.0 Å². The topological polar surface area (TPSA) is 105 Å². The van der Waals surface area contributed by atoms with E-state index in [4.69, 9.17) is 32.7 Å². The van der Waals surface area contributed by atoms with Crippen LogP contribution in [0.2, 0.25) is 10.0 Å². The van der Waals surface area contributed by atoms with Crippen LogP contribution in [0.3, 0.4) is 0 Å². The van der Waals surface area contributed by atoms with Crippen molar-refractivity contribution >= 4 is 50.7 Å². The molecule has 2 amide bonds. The summed E-state index contributed by atoms with van der Waals surface area (Å²) >= 11 is 12.4. The molecule has 0 unspecified atom stereocenters. The summed E-state index contributed by atoms with van der Waals surface area (Å²) in [6, 6.07) is 8.43. The molecule has 2 aromatic carbocycles. The van der Waals surface area contributed by atoms with Crippen LogP contribution in [-0.4, -0.2) is 56.8 Å². The molecule has 0 fully saturated rings. The first-order valence-electron chi connectivity index (χ1n) is 11.3. The van der Waals surface area contributed by atoms with Crippen LogP contribution >= 0.6 is 23.2 Å². The Bertz CT molecular complexity index is 1240. The average Bonchev–Trinajstić information content (AvgIpc) is 3.28. The van der Waals surface area contributed by atoms with E-state index in [0.717, 1.165) is 10.6 Å². The Hall–Kier alpha value is -2.69. The van der Waals surface area contributed by atoms with E-state index < -0.39 is 28.5 Å². The maximum Gasteiger partial charge on any atom is 0.244 e. The third-order valence-corrected chi connectivity index (χ3v) is 7.57. The molecule has 0 aliphatic carbocycles. The van der Waals surface area contributed by atoms with Crippen molar-refractivity contribution in [3.8, 4) is 11.5 Å². The van der Waals surface area contributed by atoms with Gasteiger partial charge < -0.3 is 19.7 Å². The smallest absolute Gasteiger partial charge is 0.244 e. The molecule has 2 atom stereocenters. The first-order chi connectivity index (χ1) is 16.9. The van der Waals surface area contributed by atoms with Crippen molar-refractivity contribution in [3.05, 3.63) is 52.0 Å². The van der Waals surface area contributed by atoms with Crippen molar-refractivity contribution < 1.29 is 27.5 Å². The average molecular weight is 558 g/mol. The number of benzene rings is 2. The molecule has 9 nitrogen and oxygen atoms in total. The van der Waals surface area contributed by atoms with Crippen LogP contribution in [-0.2, 0) is 26.2 Å². The molecule has 1 aliphatic heterocycles. The second kappa shape index (κ2) is 11.6. The van der Waals surface area contributed by atoms with E-state index in [1.54, 1.807) is 31.2 Å². The number of rotatable bonds is 10. The zero-order chi connectivity index (χ0) is 26.6. The van der Waals surface area contributed by atoms with E-state index in [-0.39, 0.29) is 31.0 Å². The lowest BCUT2D eigenvalue weighted by atomic mass is 10.1. The van der Waals surface area contributed by atoms with Gasteiger partial charge in [-0.15, -0.1) is 0 Å². The van der Waals surface area contributed by atoms with Gasteiger partial charge >= 0.3 is 0 Å². The largest absolute Gasteiger partial charge is 0.454 e. The van der Waals surface area contributed by atoms with Crippen molar-refractivity contribution in [2.24, 2.45) is 0 Å². The molecule has 0 spiro atoms. The Morgan fingerprint density at radius 2 is 1.78 bits per heavy atom. The third-order valence-electron chi connectivity index (χ3n) is 5.85. The molecular weight excluding hydrogens is 529 g/mol. The number of fused-ring (bicyclic) bond motifs is 1. The van der Waals surface area contributed by atoms with Gasteiger partial charge in [0, 0.05) is 28.7 Å². The van der Waals surface area contributed by atoms with Gasteiger partial charge in [-0.05, 0) is 50.1 Å². The van der Waals surface area contributed by atoms with Gasteiger partial charge in [-0.2, -0.15) is 0 Å². The van der Waals surface area contributed by atoms with Crippen LogP contribution in [0.5, 0.6) is 11.5 Å². The summed E-state index contributed by atoms with van der Waals surface area (Å²) in [5, 5.41) is 3.62. The lowest BCUT2D eigenvalue weighted by molar-refractivity contribution is -0.139. The van der Waals surface area contributed by atoms with Gasteiger partial charge in [0.1, 0.15) is 12.6 Å². The van der Waals surface area contributed by atoms with Gasteiger partial charge in [-0.1, -0.05) is 36.2 Å². The van der Waals surface area contributed by atoms with Gasteiger partial charge in [0.15, 0.2) is 11.5 Å². The Morgan fingerprint density at radius 3 is 2.42 bits per heavy atom. The van der Waals surface area contributed by atoms with Crippen LogP contribution in [0.25, 0.3) is 0 Å². The fourth-order valence-corrected chi connectivity index (χ4v) is 4.85. The van der Waals surface area contributed by atoms with Gasteiger partial charge in [-0.25, -0.2) is 8.42 Å². The lowest BCUT2D eigenvalue weighted by Crippen LogP contribution is -2.52. The van der Waals surface area contributed by atoms with Crippen LogP contribution < -0.4 is 19.1 Å². The Kier molecular flexibility index (Phi) is 8.97. The van der Waals surface area contributed by atoms with Crippen LogP contribution in [0.1, 0.15) is 32.8 Å². The lowest BCUT2D eigenvalue weighted by Gasteiger charge is -2.32. The molecule has 2 aromatic rings. The molecule has 0 aromatic heterocycles. The molecule has 0 bridgehead atoms. The first kappa shape index (κ1) is 27.9. The summed E-state index contributed by atoms with van der Waals surface area (Å²) in [5.41, 5.74) is 0.794. The molecule has 3 rings (SSSR count). The Labute approximate surface area is 221 Å². The summed E-state index contributed by atoms with van der Waals surface area (Å²) in [4.78, 5) is 27.9. The fourth-order valence-electron chi connectivity index (χ4n) is 3.54. The number of amides is 2. The number of nitrogens with zero attached hydrogens (tertiary/aromatic N) is 2. The van der Waals surface area contributed by atoms with Crippen LogP contribution in [0.4, 0.5) is 5.69 Å². The number of hydrogen-bond donors (Lipinski definition) is 1. The summed E-state index contributed by atoms with van der Waals surface area (Å²) < 4.78 is 37.0. The van der Waals surface area contributed by atoms with E-state index in [1.807, 2.05) is 13.8 Å². The van der Waals surface area contributed by atoms with Crippen molar-refractivity contribution in [1.29, 1.82) is 0 Å². The molecule has 1 N–H and O–H groups in total. The summed E-state index contributed by atoms with van der Waals surface area (Å²) in [6.07, 6.45) is 1.71. The van der Waals surface area contributed by atoms with E-state index in [9.17, 15) is 18.0 Å². The highest BCUT2D eigenvalue weighted by Gasteiger charge is 2.31. The highest BCUT2D eigenvalue weighted by Crippen LogP contribution is 2.36. The fraction of sp³-hybridized carbons (Fsp3) is 0.417. The molecule has 196 valence electrons. The van der Waals surface area contributed by atoms with Crippen molar-refractivity contribution in [2.75, 3.05) is 23.9 Å². The molecule has 0 radical (unpaired) electrons. The predicted molar refractivity (Wildman–Crippen MR) is 139 cm³/mol. The second-order valence-corrected chi connectivity index (χ2v) is 11.3. The van der Waals surface area contributed by atoms with Crippen molar-refractivity contribution in [1.82, 2.24) is 10.2 Å². The van der Waals surface area contributed by atoms with E-state index in [2.05, 4.69) is 5.32 Å². The highest BCUT2D eigenvalue weighted by atomic mass is 35.5. The minimum absolute atomic E-state index is 0.0228.